The molecule has 0 N–H and O–H groups in total. The summed E-state index contributed by atoms with van der Waals surface area (Å²) >= 11 is 8.48. The summed E-state index contributed by atoms with van der Waals surface area (Å²) in [5, 5.41) is 3.35. The van der Waals surface area contributed by atoms with Crippen molar-refractivity contribution in [3.05, 3.63) is 21.1 Å². The molecule has 0 aliphatic rings. The molecular weight excluding hydrogens is 327 g/mol. The van der Waals surface area contributed by atoms with Crippen LogP contribution in [-0.4, -0.2) is 6.61 Å². The summed E-state index contributed by atoms with van der Waals surface area (Å²) in [4.78, 5) is 0.922. The molecule has 2 aromatic rings. The van der Waals surface area contributed by atoms with Crippen LogP contribution in [0.5, 0.6) is 5.75 Å². The Morgan fingerprint density at radius 1 is 1.57 bits per heavy atom. The smallest absolute Gasteiger partial charge is 0.146 e. The maximum atomic E-state index is 5.57. The molecule has 74 valence electrons. The van der Waals surface area contributed by atoms with Crippen molar-refractivity contribution in [3.8, 4) is 5.75 Å². The second-order valence-electron chi connectivity index (χ2n) is 2.80. The van der Waals surface area contributed by atoms with Crippen molar-refractivity contribution in [3.63, 3.8) is 0 Å². The van der Waals surface area contributed by atoms with Gasteiger partial charge in [-0.05, 0) is 47.0 Å². The standard InChI is InChI=1S/C10H9IOS2/c1-2-12-10-7(13)5-8-6(9(10)11)3-4-14-8/h3-5,13H,2H2,1H3. The second kappa shape index (κ2) is 4.28. The Labute approximate surface area is 106 Å². The summed E-state index contributed by atoms with van der Waals surface area (Å²) in [7, 11) is 0. The van der Waals surface area contributed by atoms with Gasteiger partial charge in [-0.15, -0.1) is 24.0 Å². The fourth-order valence-electron chi connectivity index (χ4n) is 1.32. The molecule has 2 rings (SSSR count). The Balaban J connectivity index is 2.69. The van der Waals surface area contributed by atoms with E-state index in [1.54, 1.807) is 11.3 Å². The second-order valence-corrected chi connectivity index (χ2v) is 5.31. The van der Waals surface area contributed by atoms with Crippen LogP contribution in [0.1, 0.15) is 6.92 Å². The van der Waals surface area contributed by atoms with Crippen LogP contribution >= 0.6 is 46.6 Å². The highest BCUT2D eigenvalue weighted by atomic mass is 127. The lowest BCUT2D eigenvalue weighted by Gasteiger charge is -2.09. The molecule has 1 heterocycles. The lowest BCUT2D eigenvalue weighted by Crippen LogP contribution is -1.95. The summed E-state index contributed by atoms with van der Waals surface area (Å²) in [6.45, 7) is 2.67. The molecule has 0 amide bonds. The van der Waals surface area contributed by atoms with E-state index in [2.05, 4.69) is 52.7 Å². The molecule has 0 atom stereocenters. The number of rotatable bonds is 2. The van der Waals surface area contributed by atoms with Gasteiger partial charge in [-0.25, -0.2) is 0 Å². The highest BCUT2D eigenvalue weighted by molar-refractivity contribution is 14.1. The van der Waals surface area contributed by atoms with Gasteiger partial charge in [0.2, 0.25) is 0 Å². The zero-order chi connectivity index (χ0) is 10.1. The topological polar surface area (TPSA) is 9.23 Å². The molecule has 0 saturated heterocycles. The van der Waals surface area contributed by atoms with E-state index in [1.807, 2.05) is 6.92 Å². The van der Waals surface area contributed by atoms with E-state index in [0.717, 1.165) is 14.2 Å². The van der Waals surface area contributed by atoms with E-state index in [0.29, 0.717) is 6.61 Å². The first-order valence-electron chi connectivity index (χ1n) is 4.25. The maximum Gasteiger partial charge on any atom is 0.146 e. The van der Waals surface area contributed by atoms with Crippen LogP contribution in [0.4, 0.5) is 0 Å². The Morgan fingerprint density at radius 2 is 2.36 bits per heavy atom. The zero-order valence-corrected chi connectivity index (χ0v) is 11.4. The van der Waals surface area contributed by atoms with Crippen LogP contribution in [0.15, 0.2) is 22.4 Å². The third kappa shape index (κ3) is 1.75. The Hall–Kier alpha value is 0.0600. The number of thiophene rings is 1. The summed E-state index contributed by atoms with van der Waals surface area (Å²) in [6, 6.07) is 4.19. The van der Waals surface area contributed by atoms with Crippen LogP contribution in [-0.2, 0) is 0 Å². The minimum atomic E-state index is 0.680. The van der Waals surface area contributed by atoms with Crippen LogP contribution in [0.3, 0.4) is 0 Å². The molecule has 0 saturated carbocycles. The number of fused-ring (bicyclic) bond motifs is 1. The molecule has 0 aliphatic carbocycles. The van der Waals surface area contributed by atoms with E-state index < -0.39 is 0 Å². The average Bonchev–Trinajstić information content (AvgIpc) is 2.60. The van der Waals surface area contributed by atoms with Crippen molar-refractivity contribution < 1.29 is 4.74 Å². The Kier molecular flexibility index (Phi) is 3.23. The predicted molar refractivity (Wildman–Crippen MR) is 73.0 cm³/mol. The van der Waals surface area contributed by atoms with E-state index in [-0.39, 0.29) is 0 Å². The van der Waals surface area contributed by atoms with Crippen molar-refractivity contribution in [2.45, 2.75) is 11.8 Å². The normalized spacial score (nSPS) is 10.8. The molecule has 4 heteroatoms. The molecule has 1 aromatic carbocycles. The van der Waals surface area contributed by atoms with E-state index in [1.165, 1.54) is 10.1 Å². The molecule has 0 aliphatic heterocycles. The van der Waals surface area contributed by atoms with Gasteiger partial charge in [0.1, 0.15) is 5.75 Å². The first-order valence-corrected chi connectivity index (χ1v) is 6.66. The summed E-state index contributed by atoms with van der Waals surface area (Å²) in [6.07, 6.45) is 0. The predicted octanol–water partition coefficient (Wildman–Crippen LogP) is 4.19. The van der Waals surface area contributed by atoms with Gasteiger partial charge in [0.05, 0.1) is 10.2 Å². The molecule has 0 radical (unpaired) electrons. The number of thiol groups is 1. The van der Waals surface area contributed by atoms with Gasteiger partial charge in [0, 0.05) is 15.0 Å². The van der Waals surface area contributed by atoms with Crippen LogP contribution in [0.2, 0.25) is 0 Å². The monoisotopic (exact) mass is 336 g/mol. The Morgan fingerprint density at radius 3 is 3.07 bits per heavy atom. The minimum absolute atomic E-state index is 0.680. The molecule has 0 unspecified atom stereocenters. The molecular formula is C10H9IOS2. The third-order valence-corrected chi connectivity index (χ3v) is 4.19. The van der Waals surface area contributed by atoms with E-state index in [9.17, 15) is 0 Å². The van der Waals surface area contributed by atoms with Gasteiger partial charge < -0.3 is 4.74 Å². The van der Waals surface area contributed by atoms with Gasteiger partial charge in [0.25, 0.3) is 0 Å². The lowest BCUT2D eigenvalue weighted by atomic mass is 10.2. The van der Waals surface area contributed by atoms with Crippen molar-refractivity contribution in [1.29, 1.82) is 0 Å². The summed E-state index contributed by atoms with van der Waals surface area (Å²) < 4.78 is 7.99. The minimum Gasteiger partial charge on any atom is -0.492 e. The van der Waals surface area contributed by atoms with Crippen molar-refractivity contribution in [2.24, 2.45) is 0 Å². The number of hydrogen-bond acceptors (Lipinski definition) is 3. The van der Waals surface area contributed by atoms with Gasteiger partial charge in [-0.1, -0.05) is 0 Å². The number of halogens is 1. The van der Waals surface area contributed by atoms with E-state index >= 15 is 0 Å². The zero-order valence-electron chi connectivity index (χ0n) is 7.58. The Bertz CT molecular complexity index is 464. The largest absolute Gasteiger partial charge is 0.492 e. The van der Waals surface area contributed by atoms with Gasteiger partial charge in [-0.2, -0.15) is 0 Å². The van der Waals surface area contributed by atoms with Crippen LogP contribution in [0, 0.1) is 3.57 Å². The highest BCUT2D eigenvalue weighted by Crippen LogP contribution is 2.37. The quantitative estimate of drug-likeness (QED) is 0.639. The van der Waals surface area contributed by atoms with Gasteiger partial charge in [-0.3, -0.25) is 0 Å². The van der Waals surface area contributed by atoms with E-state index in [4.69, 9.17) is 4.74 Å². The number of hydrogen-bond donors (Lipinski definition) is 1. The molecule has 0 fully saturated rings. The van der Waals surface area contributed by atoms with Gasteiger partial charge >= 0.3 is 0 Å². The molecule has 1 aromatic heterocycles. The first kappa shape index (κ1) is 10.6. The highest BCUT2D eigenvalue weighted by Gasteiger charge is 2.10. The van der Waals surface area contributed by atoms with Crippen molar-refractivity contribution in [1.82, 2.24) is 0 Å². The van der Waals surface area contributed by atoms with Crippen LogP contribution < -0.4 is 4.74 Å². The fourth-order valence-corrected chi connectivity index (χ4v) is 3.86. The number of ether oxygens (including phenoxy) is 1. The third-order valence-electron chi connectivity index (χ3n) is 1.92. The van der Waals surface area contributed by atoms with Gasteiger partial charge in [0.15, 0.2) is 0 Å². The van der Waals surface area contributed by atoms with Crippen molar-refractivity contribution >= 4 is 56.6 Å². The average molecular weight is 336 g/mol. The SMILES string of the molecule is CCOc1c(S)cc2sccc2c1I. The molecule has 1 nitrogen and oxygen atoms in total. The van der Waals surface area contributed by atoms with Crippen molar-refractivity contribution in [2.75, 3.05) is 6.61 Å². The maximum absolute atomic E-state index is 5.57. The molecule has 14 heavy (non-hydrogen) atoms. The summed E-state index contributed by atoms with van der Waals surface area (Å²) in [5.41, 5.74) is 0. The van der Waals surface area contributed by atoms with Crippen LogP contribution in [0.25, 0.3) is 10.1 Å². The molecule has 0 bridgehead atoms. The molecule has 0 spiro atoms. The first-order chi connectivity index (χ1) is 6.74. The lowest BCUT2D eigenvalue weighted by molar-refractivity contribution is 0.330. The summed E-state index contributed by atoms with van der Waals surface area (Å²) in [5.74, 6) is 0.905. The number of benzene rings is 1. The fraction of sp³-hybridized carbons (Fsp3) is 0.200.